The van der Waals surface area contributed by atoms with Crippen LogP contribution in [-0.2, 0) is 6.42 Å². The molecule has 1 amide bonds. The van der Waals surface area contributed by atoms with Crippen molar-refractivity contribution in [3.05, 3.63) is 82.8 Å². The average molecular weight is 382 g/mol. The summed E-state index contributed by atoms with van der Waals surface area (Å²) in [5, 5.41) is 0.711. The van der Waals surface area contributed by atoms with Crippen molar-refractivity contribution in [3.63, 3.8) is 0 Å². The molecular formula is C21H20ClN3O2. The van der Waals surface area contributed by atoms with Crippen molar-refractivity contribution in [2.24, 2.45) is 0 Å². The Morgan fingerprint density at radius 3 is 2.78 bits per heavy atom. The van der Waals surface area contributed by atoms with E-state index in [4.69, 9.17) is 16.0 Å². The van der Waals surface area contributed by atoms with Crippen LogP contribution in [0.5, 0.6) is 0 Å². The monoisotopic (exact) mass is 381 g/mol. The number of pyridine rings is 1. The van der Waals surface area contributed by atoms with E-state index in [2.05, 4.69) is 9.97 Å². The minimum Gasteiger partial charge on any atom is -0.443 e. The smallest absolute Gasteiger partial charge is 0.273 e. The first kappa shape index (κ1) is 17.7. The molecule has 1 aliphatic rings. The average Bonchev–Trinajstić information content (AvgIpc) is 3.18. The van der Waals surface area contributed by atoms with Crippen LogP contribution in [-0.4, -0.2) is 27.3 Å². The standard InChI is InChI=1S/C21H20ClN3O2/c22-16-9-7-15(8-10-16)13-17-14-24-20(27-17)19-6-2-4-12-25(19)21(26)18-5-1-3-11-23-18/h1,3,5,7-11,14,19H,2,4,6,12-13H2. The zero-order chi connectivity index (χ0) is 18.6. The normalized spacial score (nSPS) is 17.1. The van der Waals surface area contributed by atoms with E-state index in [0.717, 1.165) is 30.6 Å². The highest BCUT2D eigenvalue weighted by molar-refractivity contribution is 6.30. The Kier molecular flexibility index (Phi) is 5.21. The predicted octanol–water partition coefficient (Wildman–Crippen LogP) is 4.68. The van der Waals surface area contributed by atoms with Crippen molar-refractivity contribution >= 4 is 17.5 Å². The number of carbonyl (C=O) groups is 1. The molecule has 138 valence electrons. The van der Waals surface area contributed by atoms with Gasteiger partial charge in [-0.2, -0.15) is 0 Å². The van der Waals surface area contributed by atoms with Crippen molar-refractivity contribution in [3.8, 4) is 0 Å². The van der Waals surface area contributed by atoms with Gasteiger partial charge in [-0.1, -0.05) is 29.8 Å². The van der Waals surface area contributed by atoms with Crippen LogP contribution in [0.3, 0.4) is 0 Å². The summed E-state index contributed by atoms with van der Waals surface area (Å²) < 4.78 is 6.02. The summed E-state index contributed by atoms with van der Waals surface area (Å²) in [4.78, 5) is 23.4. The Morgan fingerprint density at radius 1 is 1.15 bits per heavy atom. The van der Waals surface area contributed by atoms with Gasteiger partial charge in [-0.3, -0.25) is 9.78 Å². The number of nitrogens with zero attached hydrogens (tertiary/aromatic N) is 3. The third kappa shape index (κ3) is 4.03. The van der Waals surface area contributed by atoms with Gasteiger partial charge in [0.25, 0.3) is 5.91 Å². The zero-order valence-corrected chi connectivity index (χ0v) is 15.6. The van der Waals surface area contributed by atoms with Gasteiger partial charge in [-0.05, 0) is 49.1 Å². The highest BCUT2D eigenvalue weighted by atomic mass is 35.5. The van der Waals surface area contributed by atoms with Gasteiger partial charge in [-0.15, -0.1) is 0 Å². The van der Waals surface area contributed by atoms with Gasteiger partial charge in [0, 0.05) is 24.2 Å². The minimum atomic E-state index is -0.146. The number of aromatic nitrogens is 2. The summed E-state index contributed by atoms with van der Waals surface area (Å²) in [6, 6.07) is 12.9. The SMILES string of the molecule is O=C(c1ccccn1)N1CCCCC1c1ncc(Cc2ccc(Cl)cc2)o1. The molecule has 1 fully saturated rings. The molecule has 3 aromatic rings. The lowest BCUT2D eigenvalue weighted by molar-refractivity contribution is 0.0564. The summed E-state index contributed by atoms with van der Waals surface area (Å²) in [7, 11) is 0. The van der Waals surface area contributed by atoms with Crippen LogP contribution in [0.1, 0.15) is 53.0 Å². The molecule has 3 heterocycles. The largest absolute Gasteiger partial charge is 0.443 e. The third-order valence-electron chi connectivity index (χ3n) is 4.80. The van der Waals surface area contributed by atoms with Gasteiger partial charge < -0.3 is 9.32 Å². The number of benzene rings is 1. The van der Waals surface area contributed by atoms with Crippen LogP contribution in [0, 0.1) is 0 Å². The van der Waals surface area contributed by atoms with E-state index in [0.29, 0.717) is 29.6 Å². The fourth-order valence-electron chi connectivity index (χ4n) is 3.43. The molecule has 1 atom stereocenters. The molecule has 0 saturated carbocycles. The molecular weight excluding hydrogens is 362 g/mol. The van der Waals surface area contributed by atoms with E-state index < -0.39 is 0 Å². The number of hydrogen-bond donors (Lipinski definition) is 0. The number of amides is 1. The van der Waals surface area contributed by atoms with Crippen molar-refractivity contribution in [1.29, 1.82) is 0 Å². The third-order valence-corrected chi connectivity index (χ3v) is 5.05. The van der Waals surface area contributed by atoms with Crippen LogP contribution in [0.25, 0.3) is 0 Å². The van der Waals surface area contributed by atoms with Gasteiger partial charge in [0.05, 0.1) is 6.20 Å². The Morgan fingerprint density at radius 2 is 2.00 bits per heavy atom. The van der Waals surface area contributed by atoms with E-state index in [1.165, 1.54) is 0 Å². The van der Waals surface area contributed by atoms with Gasteiger partial charge in [-0.25, -0.2) is 4.98 Å². The lowest BCUT2D eigenvalue weighted by Gasteiger charge is -2.33. The van der Waals surface area contributed by atoms with E-state index in [1.807, 2.05) is 41.3 Å². The van der Waals surface area contributed by atoms with E-state index in [-0.39, 0.29) is 11.9 Å². The number of rotatable bonds is 4. The Balaban J connectivity index is 1.53. The molecule has 1 aromatic carbocycles. The molecule has 2 aromatic heterocycles. The number of hydrogen-bond acceptors (Lipinski definition) is 4. The van der Waals surface area contributed by atoms with Crippen LogP contribution in [0.4, 0.5) is 0 Å². The maximum atomic E-state index is 12.9. The van der Waals surface area contributed by atoms with Crippen molar-refractivity contribution < 1.29 is 9.21 Å². The molecule has 0 N–H and O–H groups in total. The van der Waals surface area contributed by atoms with Crippen LogP contribution in [0.15, 0.2) is 59.3 Å². The predicted molar refractivity (Wildman–Crippen MR) is 103 cm³/mol. The molecule has 1 unspecified atom stereocenters. The maximum absolute atomic E-state index is 12.9. The molecule has 0 aliphatic carbocycles. The highest BCUT2D eigenvalue weighted by Crippen LogP contribution is 2.32. The first-order chi connectivity index (χ1) is 13.2. The topological polar surface area (TPSA) is 59.2 Å². The molecule has 1 saturated heterocycles. The number of halogens is 1. The van der Waals surface area contributed by atoms with Crippen molar-refractivity contribution in [2.45, 2.75) is 31.7 Å². The lowest BCUT2D eigenvalue weighted by Crippen LogP contribution is -2.39. The second kappa shape index (κ2) is 7.92. The minimum absolute atomic E-state index is 0.0715. The van der Waals surface area contributed by atoms with Gasteiger partial charge in [0.15, 0.2) is 0 Å². The number of piperidine rings is 1. The molecule has 5 nitrogen and oxygen atoms in total. The summed E-state index contributed by atoms with van der Waals surface area (Å²) in [5.74, 6) is 1.31. The maximum Gasteiger partial charge on any atom is 0.273 e. The quantitative estimate of drug-likeness (QED) is 0.658. The van der Waals surface area contributed by atoms with Gasteiger partial charge in [0.1, 0.15) is 17.5 Å². The second-order valence-electron chi connectivity index (χ2n) is 6.69. The molecule has 1 aliphatic heterocycles. The number of carbonyl (C=O) groups excluding carboxylic acids is 1. The zero-order valence-electron chi connectivity index (χ0n) is 14.8. The number of likely N-dealkylation sites (tertiary alicyclic amines) is 1. The molecule has 6 heteroatoms. The Hall–Kier alpha value is -2.66. The molecule has 4 rings (SSSR count). The van der Waals surface area contributed by atoms with E-state index >= 15 is 0 Å². The Bertz CT molecular complexity index is 909. The van der Waals surface area contributed by atoms with E-state index in [1.54, 1.807) is 18.5 Å². The van der Waals surface area contributed by atoms with Crippen LogP contribution in [0.2, 0.25) is 5.02 Å². The highest BCUT2D eigenvalue weighted by Gasteiger charge is 2.32. The molecule has 0 bridgehead atoms. The fraction of sp³-hybridized carbons (Fsp3) is 0.286. The molecule has 0 spiro atoms. The second-order valence-corrected chi connectivity index (χ2v) is 7.13. The first-order valence-electron chi connectivity index (χ1n) is 9.12. The van der Waals surface area contributed by atoms with Crippen molar-refractivity contribution in [1.82, 2.24) is 14.9 Å². The Labute approximate surface area is 163 Å². The fourth-order valence-corrected chi connectivity index (χ4v) is 3.56. The summed E-state index contributed by atoms with van der Waals surface area (Å²) in [5.41, 5.74) is 1.56. The van der Waals surface area contributed by atoms with Crippen molar-refractivity contribution in [2.75, 3.05) is 6.54 Å². The summed E-state index contributed by atoms with van der Waals surface area (Å²) in [6.45, 7) is 0.689. The molecule has 0 radical (unpaired) electrons. The number of oxazole rings is 1. The lowest BCUT2D eigenvalue weighted by atomic mass is 10.0. The van der Waals surface area contributed by atoms with E-state index in [9.17, 15) is 4.79 Å². The van der Waals surface area contributed by atoms with Crippen LogP contribution >= 0.6 is 11.6 Å². The molecule has 27 heavy (non-hydrogen) atoms. The van der Waals surface area contributed by atoms with Gasteiger partial charge in [0.2, 0.25) is 5.89 Å². The first-order valence-corrected chi connectivity index (χ1v) is 9.49. The van der Waals surface area contributed by atoms with Gasteiger partial charge >= 0.3 is 0 Å². The summed E-state index contributed by atoms with van der Waals surface area (Å²) >= 11 is 5.94. The summed E-state index contributed by atoms with van der Waals surface area (Å²) in [6.07, 6.45) is 6.91. The van der Waals surface area contributed by atoms with Crippen LogP contribution < -0.4 is 0 Å².